The Hall–Kier alpha value is -2.42. The van der Waals surface area contributed by atoms with Gasteiger partial charge < -0.3 is 5.73 Å². The van der Waals surface area contributed by atoms with Crippen molar-refractivity contribution in [3.05, 3.63) is 35.2 Å². The summed E-state index contributed by atoms with van der Waals surface area (Å²) >= 11 is 0. The molecule has 20 heavy (non-hydrogen) atoms. The molecule has 2 aromatic rings. The Bertz CT molecular complexity index is 766. The summed E-state index contributed by atoms with van der Waals surface area (Å²) in [5, 5.41) is 6.20. The molecule has 0 aliphatic heterocycles. The maximum Gasteiger partial charge on any atom is 0.264 e. The quantitative estimate of drug-likeness (QED) is 0.747. The van der Waals surface area contributed by atoms with E-state index in [1.807, 2.05) is 0 Å². The predicted molar refractivity (Wildman–Crippen MR) is 71.6 cm³/mol. The molecule has 0 radical (unpaired) electrons. The van der Waals surface area contributed by atoms with Gasteiger partial charge in [-0.25, -0.2) is 13.1 Å². The number of hydrogen-bond donors (Lipinski definition) is 3. The van der Waals surface area contributed by atoms with E-state index in [9.17, 15) is 13.2 Å². The largest absolute Gasteiger partial charge is 0.366 e. The minimum Gasteiger partial charge on any atom is -0.366 e. The van der Waals surface area contributed by atoms with Gasteiger partial charge in [0, 0.05) is 5.56 Å². The molecule has 4 N–H and O–H groups in total. The van der Waals surface area contributed by atoms with E-state index in [0.29, 0.717) is 11.4 Å². The molecule has 1 aromatic heterocycles. The van der Waals surface area contributed by atoms with Gasteiger partial charge in [-0.1, -0.05) is 6.07 Å². The summed E-state index contributed by atoms with van der Waals surface area (Å²) < 4.78 is 26.5. The highest BCUT2D eigenvalue weighted by Crippen LogP contribution is 2.17. The van der Waals surface area contributed by atoms with Crippen LogP contribution in [0.15, 0.2) is 23.1 Å². The van der Waals surface area contributed by atoms with Gasteiger partial charge in [0.1, 0.15) is 5.82 Å². The van der Waals surface area contributed by atoms with Crippen LogP contribution < -0.4 is 10.5 Å². The van der Waals surface area contributed by atoms with Crippen LogP contribution >= 0.6 is 0 Å². The standard InChI is InChI=1S/C11H13N5O3S/c1-6-3-4-8(5-9(6)10(12)17)20(18,19)16-11-13-7(2)14-15-11/h3-5H,1-2H3,(H2,12,17)(H2,13,14,15,16). The van der Waals surface area contributed by atoms with Crippen molar-refractivity contribution in [2.24, 2.45) is 5.73 Å². The molecular weight excluding hydrogens is 282 g/mol. The van der Waals surface area contributed by atoms with E-state index in [1.165, 1.54) is 18.2 Å². The Morgan fingerprint density at radius 2 is 2.05 bits per heavy atom. The summed E-state index contributed by atoms with van der Waals surface area (Å²) in [6.45, 7) is 3.31. The number of hydrogen-bond acceptors (Lipinski definition) is 5. The second-order valence-corrected chi connectivity index (χ2v) is 5.87. The first kappa shape index (κ1) is 14.0. The van der Waals surface area contributed by atoms with Crippen LogP contribution in [-0.2, 0) is 10.0 Å². The summed E-state index contributed by atoms with van der Waals surface area (Å²) in [4.78, 5) is 15.0. The first-order chi connectivity index (χ1) is 9.29. The van der Waals surface area contributed by atoms with Crippen molar-refractivity contribution in [3.63, 3.8) is 0 Å². The molecule has 8 nitrogen and oxygen atoms in total. The fourth-order valence-corrected chi connectivity index (χ4v) is 2.57. The van der Waals surface area contributed by atoms with Crippen molar-refractivity contribution in [2.75, 3.05) is 4.72 Å². The van der Waals surface area contributed by atoms with Crippen molar-refractivity contribution in [2.45, 2.75) is 18.7 Å². The zero-order valence-corrected chi connectivity index (χ0v) is 11.7. The lowest BCUT2D eigenvalue weighted by Gasteiger charge is -2.07. The Labute approximate surface area is 115 Å². The van der Waals surface area contributed by atoms with Crippen LogP contribution in [0, 0.1) is 13.8 Å². The van der Waals surface area contributed by atoms with Gasteiger partial charge in [-0.15, -0.1) is 5.10 Å². The Kier molecular flexibility index (Phi) is 3.45. The van der Waals surface area contributed by atoms with Crippen molar-refractivity contribution in [1.29, 1.82) is 0 Å². The number of anilines is 1. The number of benzene rings is 1. The van der Waals surface area contributed by atoms with Crippen LogP contribution in [0.2, 0.25) is 0 Å². The Balaban J connectivity index is 2.39. The van der Waals surface area contributed by atoms with E-state index in [0.717, 1.165) is 0 Å². The molecule has 1 heterocycles. The second kappa shape index (κ2) is 4.93. The van der Waals surface area contributed by atoms with Gasteiger partial charge in [-0.2, -0.15) is 4.98 Å². The fourth-order valence-electron chi connectivity index (χ4n) is 1.60. The predicted octanol–water partition coefficient (Wildman–Crippen LogP) is 0.321. The topological polar surface area (TPSA) is 131 Å². The third-order valence-corrected chi connectivity index (χ3v) is 3.93. The first-order valence-corrected chi connectivity index (χ1v) is 7.10. The molecule has 0 saturated carbocycles. The first-order valence-electron chi connectivity index (χ1n) is 5.62. The van der Waals surface area contributed by atoms with E-state index in [2.05, 4.69) is 19.9 Å². The molecule has 2 rings (SSSR count). The van der Waals surface area contributed by atoms with Gasteiger partial charge in [0.15, 0.2) is 0 Å². The number of amides is 1. The van der Waals surface area contributed by atoms with Crippen molar-refractivity contribution >= 4 is 21.9 Å². The van der Waals surface area contributed by atoms with E-state index in [-0.39, 0.29) is 16.4 Å². The molecule has 0 unspecified atom stereocenters. The zero-order valence-electron chi connectivity index (χ0n) is 10.8. The second-order valence-electron chi connectivity index (χ2n) is 4.19. The van der Waals surface area contributed by atoms with E-state index < -0.39 is 15.9 Å². The van der Waals surface area contributed by atoms with Crippen LogP contribution in [0.5, 0.6) is 0 Å². The van der Waals surface area contributed by atoms with E-state index in [4.69, 9.17) is 5.73 Å². The number of aromatic amines is 1. The molecule has 0 atom stereocenters. The van der Waals surface area contributed by atoms with Crippen LogP contribution in [0.1, 0.15) is 21.7 Å². The minimum absolute atomic E-state index is 0.0660. The molecule has 0 aliphatic carbocycles. The summed E-state index contributed by atoms with van der Waals surface area (Å²) in [5.41, 5.74) is 5.95. The summed E-state index contributed by atoms with van der Waals surface area (Å²) in [6, 6.07) is 4.11. The summed E-state index contributed by atoms with van der Waals surface area (Å²) in [6.07, 6.45) is 0. The van der Waals surface area contributed by atoms with Crippen molar-refractivity contribution < 1.29 is 13.2 Å². The lowest BCUT2D eigenvalue weighted by atomic mass is 10.1. The Morgan fingerprint density at radius 3 is 2.60 bits per heavy atom. The molecule has 9 heteroatoms. The number of carbonyl (C=O) groups is 1. The number of nitrogens with two attached hydrogens (primary N) is 1. The normalized spacial score (nSPS) is 11.3. The average molecular weight is 295 g/mol. The van der Waals surface area contributed by atoms with Gasteiger partial charge in [0.2, 0.25) is 5.91 Å². The molecule has 0 aliphatic rings. The number of nitrogens with one attached hydrogen (secondary N) is 2. The van der Waals surface area contributed by atoms with Gasteiger partial charge in [-0.3, -0.25) is 9.89 Å². The number of aryl methyl sites for hydroxylation is 2. The van der Waals surface area contributed by atoms with Crippen molar-refractivity contribution in [3.8, 4) is 0 Å². The van der Waals surface area contributed by atoms with Gasteiger partial charge in [-0.05, 0) is 31.5 Å². The van der Waals surface area contributed by atoms with Crippen LogP contribution in [0.3, 0.4) is 0 Å². The summed E-state index contributed by atoms with van der Waals surface area (Å²) in [7, 11) is -3.88. The lowest BCUT2D eigenvalue weighted by molar-refractivity contribution is 0.0999. The number of nitrogens with zero attached hydrogens (tertiary/aromatic N) is 2. The SMILES string of the molecule is Cc1nc(NS(=O)(=O)c2ccc(C)c(C(N)=O)c2)n[nH]1. The van der Waals surface area contributed by atoms with Crippen LogP contribution in [-0.4, -0.2) is 29.5 Å². The molecule has 0 fully saturated rings. The van der Waals surface area contributed by atoms with Crippen LogP contribution in [0.25, 0.3) is 0 Å². The van der Waals surface area contributed by atoms with Gasteiger partial charge in [0.25, 0.3) is 16.0 Å². The molecule has 1 amide bonds. The fraction of sp³-hybridized carbons (Fsp3) is 0.182. The maximum absolute atomic E-state index is 12.1. The lowest BCUT2D eigenvalue weighted by Crippen LogP contribution is -2.17. The van der Waals surface area contributed by atoms with Crippen LogP contribution in [0.4, 0.5) is 5.95 Å². The number of primary amides is 1. The molecular formula is C11H13N5O3S. The summed E-state index contributed by atoms with van der Waals surface area (Å²) in [5.74, 6) is -0.276. The highest BCUT2D eigenvalue weighted by molar-refractivity contribution is 7.92. The third-order valence-electron chi connectivity index (χ3n) is 2.61. The van der Waals surface area contributed by atoms with Gasteiger partial charge in [0.05, 0.1) is 4.90 Å². The molecule has 106 valence electrons. The number of aromatic nitrogens is 3. The number of carbonyl (C=O) groups excluding carboxylic acids is 1. The van der Waals surface area contributed by atoms with Gasteiger partial charge >= 0.3 is 0 Å². The third kappa shape index (κ3) is 2.77. The van der Waals surface area contributed by atoms with E-state index in [1.54, 1.807) is 13.8 Å². The molecule has 0 saturated heterocycles. The average Bonchev–Trinajstić information content (AvgIpc) is 2.73. The molecule has 1 aromatic carbocycles. The maximum atomic E-state index is 12.1. The number of H-pyrrole nitrogens is 1. The number of rotatable bonds is 4. The highest BCUT2D eigenvalue weighted by atomic mass is 32.2. The Morgan fingerprint density at radius 1 is 1.35 bits per heavy atom. The monoisotopic (exact) mass is 295 g/mol. The smallest absolute Gasteiger partial charge is 0.264 e. The minimum atomic E-state index is -3.88. The zero-order chi connectivity index (χ0) is 14.9. The molecule has 0 bridgehead atoms. The number of sulfonamides is 1. The highest BCUT2D eigenvalue weighted by Gasteiger charge is 2.18. The van der Waals surface area contributed by atoms with E-state index >= 15 is 0 Å². The molecule has 0 spiro atoms. The van der Waals surface area contributed by atoms with Crippen molar-refractivity contribution in [1.82, 2.24) is 15.2 Å².